The van der Waals surface area contributed by atoms with Gasteiger partial charge >= 0.3 is 0 Å². The van der Waals surface area contributed by atoms with Gasteiger partial charge in [0.25, 0.3) is 0 Å². The Morgan fingerprint density at radius 2 is 1.66 bits per heavy atom. The van der Waals surface area contributed by atoms with Gasteiger partial charge < -0.3 is 9.80 Å². The van der Waals surface area contributed by atoms with Gasteiger partial charge in [-0.05, 0) is 29.5 Å². The lowest BCUT2D eigenvalue weighted by molar-refractivity contribution is -0.142. The number of benzene rings is 2. The second-order valence-electron chi connectivity index (χ2n) is 9.45. The maximum atomic E-state index is 13.2. The smallest absolute Gasteiger partial charge is 0.230 e. The first-order valence-electron chi connectivity index (χ1n) is 10.3. The Hall–Kier alpha value is -2.62. The first-order valence-corrected chi connectivity index (χ1v) is 10.3. The lowest BCUT2D eigenvalue weighted by atomic mass is 9.79. The largest absolute Gasteiger partial charge is 0.348 e. The molecule has 1 aliphatic rings. The minimum absolute atomic E-state index is 0.104. The van der Waals surface area contributed by atoms with Crippen molar-refractivity contribution in [3.05, 3.63) is 60.2 Å². The van der Waals surface area contributed by atoms with Gasteiger partial charge in [-0.1, -0.05) is 75.4 Å². The van der Waals surface area contributed by atoms with E-state index in [1.54, 1.807) is 19.0 Å². The lowest BCUT2D eigenvalue weighted by Gasteiger charge is -2.32. The van der Waals surface area contributed by atoms with Crippen molar-refractivity contribution in [1.29, 1.82) is 0 Å². The van der Waals surface area contributed by atoms with Gasteiger partial charge in [-0.15, -0.1) is 0 Å². The number of rotatable bonds is 4. The van der Waals surface area contributed by atoms with Crippen LogP contribution in [0.25, 0.3) is 11.1 Å². The van der Waals surface area contributed by atoms with E-state index in [2.05, 4.69) is 36.4 Å². The number of hydrogen-bond donors (Lipinski definition) is 0. The van der Waals surface area contributed by atoms with Crippen LogP contribution >= 0.6 is 0 Å². The highest BCUT2D eigenvalue weighted by molar-refractivity contribution is 5.87. The van der Waals surface area contributed by atoms with Gasteiger partial charge in [0.05, 0.1) is 5.41 Å². The van der Waals surface area contributed by atoms with Gasteiger partial charge in [0.15, 0.2) is 0 Å². The summed E-state index contributed by atoms with van der Waals surface area (Å²) in [6.45, 7) is 6.93. The molecule has 29 heavy (non-hydrogen) atoms. The third kappa shape index (κ3) is 4.52. The molecule has 1 saturated heterocycles. The molecule has 0 bridgehead atoms. The zero-order valence-corrected chi connectivity index (χ0v) is 18.2. The molecule has 1 unspecified atom stereocenters. The molecular weight excluding hydrogens is 360 g/mol. The average Bonchev–Trinajstić information content (AvgIpc) is 3.11. The molecule has 0 spiro atoms. The Kier molecular flexibility index (Phi) is 5.83. The molecule has 3 rings (SSSR count). The van der Waals surface area contributed by atoms with E-state index in [-0.39, 0.29) is 11.8 Å². The molecule has 2 aromatic carbocycles. The van der Waals surface area contributed by atoms with Crippen LogP contribution in [0.15, 0.2) is 54.6 Å². The molecular formula is C25H32N2O2. The summed E-state index contributed by atoms with van der Waals surface area (Å²) >= 11 is 0. The summed E-state index contributed by atoms with van der Waals surface area (Å²) < 4.78 is 0. The molecule has 2 aromatic rings. The predicted molar refractivity (Wildman–Crippen MR) is 117 cm³/mol. The van der Waals surface area contributed by atoms with Gasteiger partial charge in [-0.3, -0.25) is 9.59 Å². The van der Waals surface area contributed by atoms with Gasteiger partial charge in [0.1, 0.15) is 0 Å². The van der Waals surface area contributed by atoms with Crippen LogP contribution in [0.1, 0.15) is 32.8 Å². The molecule has 1 heterocycles. The van der Waals surface area contributed by atoms with E-state index in [9.17, 15) is 9.59 Å². The number of hydrogen-bond acceptors (Lipinski definition) is 2. The van der Waals surface area contributed by atoms with Crippen molar-refractivity contribution in [3.63, 3.8) is 0 Å². The predicted octanol–water partition coefficient (Wildman–Crippen LogP) is 4.25. The zero-order valence-electron chi connectivity index (χ0n) is 18.2. The number of nitrogens with zero attached hydrogens (tertiary/aromatic N) is 2. The van der Waals surface area contributed by atoms with E-state index in [1.165, 1.54) is 5.56 Å². The normalized spacial score (nSPS) is 19.3. The van der Waals surface area contributed by atoms with Crippen LogP contribution in [-0.4, -0.2) is 48.8 Å². The van der Waals surface area contributed by atoms with E-state index in [0.29, 0.717) is 25.9 Å². The summed E-state index contributed by atoms with van der Waals surface area (Å²) in [5.41, 5.74) is 2.44. The Morgan fingerprint density at radius 3 is 2.28 bits per heavy atom. The molecule has 0 aromatic heterocycles. The highest BCUT2D eigenvalue weighted by Gasteiger charge is 2.48. The van der Waals surface area contributed by atoms with Crippen molar-refractivity contribution in [2.45, 2.75) is 33.6 Å². The summed E-state index contributed by atoms with van der Waals surface area (Å²) in [6, 6.07) is 18.7. The highest BCUT2D eigenvalue weighted by Crippen LogP contribution is 2.38. The van der Waals surface area contributed by atoms with Crippen molar-refractivity contribution in [2.24, 2.45) is 10.8 Å². The topological polar surface area (TPSA) is 40.6 Å². The van der Waals surface area contributed by atoms with Gasteiger partial charge in [-0.2, -0.15) is 0 Å². The fraction of sp³-hybridized carbons (Fsp3) is 0.440. The van der Waals surface area contributed by atoms with Crippen LogP contribution in [0, 0.1) is 10.8 Å². The fourth-order valence-electron chi connectivity index (χ4n) is 4.27. The number of likely N-dealkylation sites (tertiary alicyclic amines) is 1. The molecule has 1 atom stereocenters. The summed E-state index contributed by atoms with van der Waals surface area (Å²) in [5.74, 6) is 0.218. The lowest BCUT2D eigenvalue weighted by Crippen LogP contribution is -2.46. The van der Waals surface area contributed by atoms with Crippen molar-refractivity contribution in [1.82, 2.24) is 9.80 Å². The molecule has 4 nitrogen and oxygen atoms in total. The second kappa shape index (κ2) is 8.02. The van der Waals surface area contributed by atoms with E-state index in [0.717, 1.165) is 11.1 Å². The number of carbonyl (C=O) groups is 2. The second-order valence-corrected chi connectivity index (χ2v) is 9.45. The third-order valence-corrected chi connectivity index (χ3v) is 5.72. The maximum absolute atomic E-state index is 13.2. The number of amides is 2. The molecule has 154 valence electrons. The molecule has 4 heteroatoms. The zero-order chi connectivity index (χ0) is 21.2. The van der Waals surface area contributed by atoms with E-state index < -0.39 is 10.8 Å². The summed E-state index contributed by atoms with van der Waals surface area (Å²) in [4.78, 5) is 29.6. The van der Waals surface area contributed by atoms with Crippen LogP contribution < -0.4 is 0 Å². The minimum atomic E-state index is -0.570. The first kappa shape index (κ1) is 21.1. The van der Waals surface area contributed by atoms with Crippen LogP contribution in [0.5, 0.6) is 0 Å². The molecule has 0 aliphatic carbocycles. The van der Waals surface area contributed by atoms with Crippen molar-refractivity contribution in [3.8, 4) is 11.1 Å². The van der Waals surface area contributed by atoms with Gasteiger partial charge in [0, 0.05) is 32.6 Å². The average molecular weight is 393 g/mol. The highest BCUT2D eigenvalue weighted by atomic mass is 16.2. The summed E-state index contributed by atoms with van der Waals surface area (Å²) in [6.07, 6.45) is 1.33. The summed E-state index contributed by atoms with van der Waals surface area (Å²) in [7, 11) is 3.61. The maximum Gasteiger partial charge on any atom is 0.230 e. The van der Waals surface area contributed by atoms with Crippen LogP contribution in [-0.2, 0) is 16.0 Å². The molecule has 2 amide bonds. The Bertz CT molecular complexity index is 883. The number of carbonyl (C=O) groups excluding carboxylic acids is 2. The van der Waals surface area contributed by atoms with Crippen molar-refractivity contribution >= 4 is 11.8 Å². The SMILES string of the molecule is CN(C)C(=O)C1(Cc2cccc(-c3ccccc3)c2)CCN(C(=O)C(C)(C)C)C1. The molecule has 0 saturated carbocycles. The summed E-state index contributed by atoms with van der Waals surface area (Å²) in [5, 5.41) is 0. The molecule has 1 aliphatic heterocycles. The van der Waals surface area contributed by atoms with Crippen molar-refractivity contribution in [2.75, 3.05) is 27.2 Å². The van der Waals surface area contributed by atoms with Crippen LogP contribution in [0.4, 0.5) is 0 Å². The monoisotopic (exact) mass is 392 g/mol. The Morgan fingerprint density at radius 1 is 1.00 bits per heavy atom. The minimum Gasteiger partial charge on any atom is -0.348 e. The molecule has 0 N–H and O–H groups in total. The third-order valence-electron chi connectivity index (χ3n) is 5.72. The molecule has 0 radical (unpaired) electrons. The van der Waals surface area contributed by atoms with Gasteiger partial charge in [0.2, 0.25) is 11.8 Å². The van der Waals surface area contributed by atoms with E-state index >= 15 is 0 Å². The van der Waals surface area contributed by atoms with Gasteiger partial charge in [-0.25, -0.2) is 0 Å². The quantitative estimate of drug-likeness (QED) is 0.780. The molecule has 1 fully saturated rings. The standard InChI is InChI=1S/C25H32N2O2/c1-24(2,3)22(28)27-15-14-25(18-27,23(29)26(4)5)17-19-10-9-13-21(16-19)20-11-7-6-8-12-20/h6-13,16H,14-15,17-18H2,1-5H3. The van der Waals surface area contributed by atoms with Crippen molar-refractivity contribution < 1.29 is 9.59 Å². The fourth-order valence-corrected chi connectivity index (χ4v) is 4.27. The van der Waals surface area contributed by atoms with E-state index in [4.69, 9.17) is 0 Å². The Labute approximate surface area is 174 Å². The van der Waals surface area contributed by atoms with E-state index in [1.807, 2.05) is 43.9 Å². The first-order chi connectivity index (χ1) is 13.6. The Balaban J connectivity index is 1.90. The van der Waals surface area contributed by atoms with Crippen LogP contribution in [0.3, 0.4) is 0 Å². The van der Waals surface area contributed by atoms with Crippen LogP contribution in [0.2, 0.25) is 0 Å².